The molecule has 2 atom stereocenters. The molecule has 0 amide bonds. The van der Waals surface area contributed by atoms with Crippen molar-refractivity contribution in [1.82, 2.24) is 20.4 Å². The second-order valence-corrected chi connectivity index (χ2v) is 7.66. The van der Waals surface area contributed by atoms with E-state index < -0.39 is 12.7 Å². The Morgan fingerprint density at radius 3 is 2.52 bits per heavy atom. The van der Waals surface area contributed by atoms with E-state index in [4.69, 9.17) is 9.73 Å². The summed E-state index contributed by atoms with van der Waals surface area (Å²) in [5.41, 5.74) is 0. The minimum absolute atomic E-state index is 0.00830. The van der Waals surface area contributed by atoms with Crippen LogP contribution in [0.15, 0.2) is 4.99 Å². The van der Waals surface area contributed by atoms with Gasteiger partial charge in [0.1, 0.15) is 0 Å². The Bertz CT molecular complexity index is 466. The van der Waals surface area contributed by atoms with E-state index in [1.807, 2.05) is 6.92 Å². The van der Waals surface area contributed by atoms with Crippen LogP contribution in [-0.4, -0.2) is 93.0 Å². The first-order valence-corrected chi connectivity index (χ1v) is 9.94. The summed E-state index contributed by atoms with van der Waals surface area (Å²) in [5.74, 6) is 1.15. The first kappa shape index (κ1) is 22.2. The van der Waals surface area contributed by atoms with Crippen molar-refractivity contribution in [3.8, 4) is 0 Å². The van der Waals surface area contributed by atoms with Crippen LogP contribution in [0.5, 0.6) is 0 Å². The van der Waals surface area contributed by atoms with E-state index in [1.54, 1.807) is 0 Å². The van der Waals surface area contributed by atoms with E-state index in [0.717, 1.165) is 26.3 Å². The van der Waals surface area contributed by atoms with Crippen LogP contribution in [0.2, 0.25) is 0 Å². The number of morpholine rings is 1. The lowest BCUT2D eigenvalue weighted by Gasteiger charge is -2.36. The highest BCUT2D eigenvalue weighted by Crippen LogP contribution is 2.20. The standard InChI is InChI=1S/C18H34F3N5O/c1-4-22-17(24-15-5-6-25(12-15)13-18(19,20)21)23-11-16(14(2)3)26-7-9-27-10-8-26/h14-16H,4-13H2,1-3H3,(H2,22,23,24). The summed E-state index contributed by atoms with van der Waals surface area (Å²) in [7, 11) is 0. The first-order chi connectivity index (χ1) is 12.8. The molecule has 0 radical (unpaired) electrons. The number of nitrogens with zero attached hydrogens (tertiary/aromatic N) is 3. The molecule has 2 N–H and O–H groups in total. The number of rotatable bonds is 7. The number of aliphatic imine (C=N–C) groups is 1. The molecule has 27 heavy (non-hydrogen) atoms. The van der Waals surface area contributed by atoms with Crippen molar-refractivity contribution in [2.45, 2.75) is 45.5 Å². The summed E-state index contributed by atoms with van der Waals surface area (Å²) in [4.78, 5) is 8.61. The average molecular weight is 393 g/mol. The monoisotopic (exact) mass is 393 g/mol. The fraction of sp³-hybridized carbons (Fsp3) is 0.944. The lowest BCUT2D eigenvalue weighted by molar-refractivity contribution is -0.143. The molecule has 2 saturated heterocycles. The summed E-state index contributed by atoms with van der Waals surface area (Å²) in [5, 5.41) is 6.54. The third kappa shape index (κ3) is 7.83. The van der Waals surface area contributed by atoms with E-state index >= 15 is 0 Å². The largest absolute Gasteiger partial charge is 0.401 e. The van der Waals surface area contributed by atoms with Crippen LogP contribution in [0.4, 0.5) is 13.2 Å². The molecule has 2 rings (SSSR count). The SMILES string of the molecule is CCNC(=NCC(C(C)C)N1CCOCC1)NC1CCN(CC(F)(F)F)C1. The third-order valence-corrected chi connectivity index (χ3v) is 5.08. The number of hydrogen-bond donors (Lipinski definition) is 2. The summed E-state index contributed by atoms with van der Waals surface area (Å²) in [6.07, 6.45) is -3.45. The van der Waals surface area contributed by atoms with Crippen molar-refractivity contribution >= 4 is 5.96 Å². The minimum atomic E-state index is -4.14. The molecule has 0 spiro atoms. The van der Waals surface area contributed by atoms with Crippen LogP contribution in [0.25, 0.3) is 0 Å². The Morgan fingerprint density at radius 1 is 1.22 bits per heavy atom. The molecule has 158 valence electrons. The predicted molar refractivity (Wildman–Crippen MR) is 101 cm³/mol. The Labute approximate surface area is 160 Å². The Balaban J connectivity index is 1.91. The fourth-order valence-corrected chi connectivity index (χ4v) is 3.70. The first-order valence-electron chi connectivity index (χ1n) is 9.94. The van der Waals surface area contributed by atoms with Gasteiger partial charge in [-0.25, -0.2) is 0 Å². The number of guanidine groups is 1. The highest BCUT2D eigenvalue weighted by Gasteiger charge is 2.34. The zero-order valence-electron chi connectivity index (χ0n) is 16.7. The average Bonchev–Trinajstić information content (AvgIpc) is 3.00. The van der Waals surface area contributed by atoms with Gasteiger partial charge in [-0.3, -0.25) is 14.8 Å². The molecule has 0 aromatic heterocycles. The summed E-state index contributed by atoms with van der Waals surface area (Å²) < 4.78 is 43.1. The second kappa shape index (κ2) is 10.5. The molecular weight excluding hydrogens is 359 g/mol. The van der Waals surface area contributed by atoms with Crippen molar-refractivity contribution < 1.29 is 17.9 Å². The smallest absolute Gasteiger partial charge is 0.379 e. The lowest BCUT2D eigenvalue weighted by atomic mass is 10.0. The number of halogens is 3. The second-order valence-electron chi connectivity index (χ2n) is 7.66. The van der Waals surface area contributed by atoms with Crippen molar-refractivity contribution in [3.05, 3.63) is 0 Å². The molecule has 2 aliphatic rings. The predicted octanol–water partition coefficient (Wildman–Crippen LogP) is 1.53. The highest BCUT2D eigenvalue weighted by atomic mass is 19.4. The van der Waals surface area contributed by atoms with E-state index in [1.165, 1.54) is 4.90 Å². The zero-order chi connectivity index (χ0) is 19.9. The van der Waals surface area contributed by atoms with Gasteiger partial charge in [0.05, 0.1) is 26.3 Å². The van der Waals surface area contributed by atoms with Gasteiger partial charge in [-0.15, -0.1) is 0 Å². The quantitative estimate of drug-likeness (QED) is 0.508. The molecule has 2 heterocycles. The van der Waals surface area contributed by atoms with Crippen LogP contribution in [0.3, 0.4) is 0 Å². The number of nitrogens with one attached hydrogen (secondary N) is 2. The molecule has 0 aromatic carbocycles. The van der Waals surface area contributed by atoms with Crippen LogP contribution in [0.1, 0.15) is 27.2 Å². The van der Waals surface area contributed by atoms with Crippen molar-refractivity contribution in [2.75, 3.05) is 59.0 Å². The van der Waals surface area contributed by atoms with Gasteiger partial charge in [-0.05, 0) is 19.3 Å². The van der Waals surface area contributed by atoms with E-state index in [-0.39, 0.29) is 6.04 Å². The van der Waals surface area contributed by atoms with E-state index in [2.05, 4.69) is 29.4 Å². The van der Waals surface area contributed by atoms with Gasteiger partial charge < -0.3 is 15.4 Å². The maximum absolute atomic E-state index is 12.6. The van der Waals surface area contributed by atoms with E-state index in [9.17, 15) is 13.2 Å². The van der Waals surface area contributed by atoms with Crippen molar-refractivity contribution in [1.29, 1.82) is 0 Å². The number of likely N-dealkylation sites (tertiary alicyclic amines) is 1. The molecule has 0 aliphatic carbocycles. The van der Waals surface area contributed by atoms with Crippen LogP contribution in [0, 0.1) is 5.92 Å². The maximum atomic E-state index is 12.6. The normalized spacial score (nSPS) is 24.4. The van der Waals surface area contributed by atoms with Gasteiger partial charge in [0.25, 0.3) is 0 Å². The molecule has 6 nitrogen and oxygen atoms in total. The number of hydrogen-bond acceptors (Lipinski definition) is 4. The third-order valence-electron chi connectivity index (χ3n) is 5.08. The van der Waals surface area contributed by atoms with Gasteiger partial charge in [0.15, 0.2) is 5.96 Å². The maximum Gasteiger partial charge on any atom is 0.401 e. The number of alkyl halides is 3. The molecule has 2 unspecified atom stereocenters. The van der Waals surface area contributed by atoms with E-state index in [0.29, 0.717) is 50.5 Å². The van der Waals surface area contributed by atoms with Crippen molar-refractivity contribution in [3.63, 3.8) is 0 Å². The number of ether oxygens (including phenoxy) is 1. The zero-order valence-corrected chi connectivity index (χ0v) is 16.7. The molecule has 2 fully saturated rings. The summed E-state index contributed by atoms with van der Waals surface area (Å²) >= 11 is 0. The minimum Gasteiger partial charge on any atom is -0.379 e. The van der Waals surface area contributed by atoms with Gasteiger partial charge in [-0.2, -0.15) is 13.2 Å². The molecule has 9 heteroatoms. The molecule has 0 bridgehead atoms. The molecule has 2 aliphatic heterocycles. The molecule has 0 aromatic rings. The molecular formula is C18H34F3N5O. The Hall–Kier alpha value is -1.06. The van der Waals surface area contributed by atoms with Gasteiger partial charge in [0, 0.05) is 44.8 Å². The van der Waals surface area contributed by atoms with Gasteiger partial charge >= 0.3 is 6.18 Å². The van der Waals surface area contributed by atoms with Crippen LogP contribution < -0.4 is 10.6 Å². The molecule has 0 saturated carbocycles. The van der Waals surface area contributed by atoms with Crippen molar-refractivity contribution in [2.24, 2.45) is 10.9 Å². The fourth-order valence-electron chi connectivity index (χ4n) is 3.70. The van der Waals surface area contributed by atoms with Gasteiger partial charge in [-0.1, -0.05) is 13.8 Å². The summed E-state index contributed by atoms with van der Waals surface area (Å²) in [6, 6.07) is 0.320. The van der Waals surface area contributed by atoms with Crippen LogP contribution >= 0.6 is 0 Å². The Kier molecular flexibility index (Phi) is 8.62. The topological polar surface area (TPSA) is 52.1 Å². The highest BCUT2D eigenvalue weighted by molar-refractivity contribution is 5.80. The van der Waals surface area contributed by atoms with Gasteiger partial charge in [0.2, 0.25) is 0 Å². The lowest BCUT2D eigenvalue weighted by Crippen LogP contribution is -2.49. The van der Waals surface area contributed by atoms with Crippen LogP contribution in [-0.2, 0) is 4.74 Å². The summed E-state index contributed by atoms with van der Waals surface area (Å²) in [6.45, 7) is 11.1. The Morgan fingerprint density at radius 2 is 1.93 bits per heavy atom.